The third-order valence-corrected chi connectivity index (χ3v) is 15.5. The predicted octanol–water partition coefficient (Wildman–Crippen LogP) is 9.33. The molecule has 0 saturated carbocycles. The summed E-state index contributed by atoms with van der Waals surface area (Å²) in [6.45, 7) is 16.6. The average molecular weight is 850 g/mol. The fraction of sp³-hybridized carbons (Fsp3) is 0.392. The Morgan fingerprint density at radius 3 is 2.21 bits per heavy atom. The van der Waals surface area contributed by atoms with Gasteiger partial charge in [-0.05, 0) is 148 Å². The molecule has 11 heteroatoms. The molecule has 0 spiro atoms. The maximum absolute atomic E-state index is 14.0. The summed E-state index contributed by atoms with van der Waals surface area (Å²) < 4.78 is 16.1. The lowest BCUT2D eigenvalue weighted by molar-refractivity contribution is -0.0173. The summed E-state index contributed by atoms with van der Waals surface area (Å²) in [6.07, 6.45) is 3.29. The minimum atomic E-state index is -0.710. The fourth-order valence-electron chi connectivity index (χ4n) is 10.7. The first-order chi connectivity index (χ1) is 29.9. The molecule has 6 aromatic rings. The van der Waals surface area contributed by atoms with Crippen LogP contribution in [0.4, 0.5) is 15.8 Å². The van der Waals surface area contributed by atoms with Gasteiger partial charge in [0.05, 0.1) is 11.3 Å². The van der Waals surface area contributed by atoms with Crippen molar-refractivity contribution in [3.8, 4) is 10.8 Å². The lowest BCUT2D eigenvalue weighted by atomic mass is 9.68. The number of aromatic nitrogens is 3. The van der Waals surface area contributed by atoms with E-state index in [9.17, 15) is 14.6 Å². The van der Waals surface area contributed by atoms with E-state index in [-0.39, 0.29) is 23.7 Å². The molecule has 320 valence electrons. The first-order valence-corrected chi connectivity index (χ1v) is 23.1. The van der Waals surface area contributed by atoms with Crippen LogP contribution in [0.5, 0.6) is 5.75 Å². The number of anilines is 2. The Bertz CT molecular complexity index is 2650. The number of aliphatic imine (C=N–C) groups is 1. The van der Waals surface area contributed by atoms with Gasteiger partial charge in [-0.1, -0.05) is 36.4 Å². The lowest BCUT2D eigenvalue weighted by Gasteiger charge is -2.44. The van der Waals surface area contributed by atoms with Crippen LogP contribution >= 0.6 is 11.3 Å². The number of phenolic OH excluding ortho intramolecular Hbond substituents is 1. The van der Waals surface area contributed by atoms with E-state index in [1.807, 2.05) is 25.1 Å². The van der Waals surface area contributed by atoms with E-state index in [1.54, 1.807) is 29.5 Å². The highest BCUT2D eigenvalue weighted by atomic mass is 32.1. The Balaban J connectivity index is 0.772. The molecule has 10 rings (SSSR count). The number of aliphatic hydroxyl groups is 1. The molecule has 2 aromatic heterocycles. The van der Waals surface area contributed by atoms with Crippen LogP contribution in [0.2, 0.25) is 0 Å². The number of phenols is 1. The summed E-state index contributed by atoms with van der Waals surface area (Å²) in [6, 6.07) is 28.4. The van der Waals surface area contributed by atoms with E-state index in [1.165, 1.54) is 49.6 Å². The standard InChI is InChI=1S/C51H56FN7O2S/c1-31-28-41(15-18-43(31)47-44(36-6-11-39(52)12-7-36)17-10-38-29-42(60)16-19-45(38)47)58-26-24-56(25-27-58)30-51(61)20-22-57(23-21-51)40-13-8-37(9-14-40)48-46-32(2)34(4)62-50(46)59-35(5)54-55-49(59)33(3)53-48/h6-9,11-16,18-19,28-29,33,44,47,60-61H,10,17,20-27,30H2,1-5H3/t33-,44+,47-/m0/s1. The van der Waals surface area contributed by atoms with Gasteiger partial charge < -0.3 is 20.0 Å². The van der Waals surface area contributed by atoms with E-state index < -0.39 is 5.60 Å². The van der Waals surface area contributed by atoms with Crippen molar-refractivity contribution >= 4 is 28.4 Å². The van der Waals surface area contributed by atoms with Crippen molar-refractivity contribution < 1.29 is 14.6 Å². The minimum Gasteiger partial charge on any atom is -0.508 e. The van der Waals surface area contributed by atoms with Crippen molar-refractivity contribution in [2.45, 2.75) is 83.8 Å². The van der Waals surface area contributed by atoms with E-state index >= 15 is 0 Å². The number of piperidine rings is 1. The summed E-state index contributed by atoms with van der Waals surface area (Å²) in [7, 11) is 0. The van der Waals surface area contributed by atoms with Crippen LogP contribution in [0.15, 0.2) is 89.9 Å². The monoisotopic (exact) mass is 849 g/mol. The number of benzene rings is 4. The van der Waals surface area contributed by atoms with Crippen molar-refractivity contribution in [1.82, 2.24) is 19.7 Å². The number of hydrogen-bond donors (Lipinski definition) is 2. The smallest absolute Gasteiger partial charge is 0.162 e. The largest absolute Gasteiger partial charge is 0.508 e. The molecule has 2 saturated heterocycles. The number of hydrogen-bond acceptors (Lipinski definition) is 9. The molecule has 62 heavy (non-hydrogen) atoms. The third kappa shape index (κ3) is 7.41. The number of aryl methyl sites for hydroxylation is 4. The fourth-order valence-corrected chi connectivity index (χ4v) is 11.9. The molecule has 2 N–H and O–H groups in total. The Kier molecular flexibility index (Phi) is 10.6. The van der Waals surface area contributed by atoms with Crippen LogP contribution in [0.3, 0.4) is 0 Å². The Labute approximate surface area is 368 Å². The zero-order chi connectivity index (χ0) is 42.9. The van der Waals surface area contributed by atoms with Crippen molar-refractivity contribution in [3.63, 3.8) is 0 Å². The molecule has 1 aliphatic carbocycles. The van der Waals surface area contributed by atoms with Gasteiger partial charge in [0.15, 0.2) is 5.82 Å². The van der Waals surface area contributed by atoms with Crippen LogP contribution < -0.4 is 9.80 Å². The zero-order valence-electron chi connectivity index (χ0n) is 36.4. The van der Waals surface area contributed by atoms with Gasteiger partial charge in [0, 0.05) is 79.1 Å². The Morgan fingerprint density at radius 2 is 1.48 bits per heavy atom. The highest BCUT2D eigenvalue weighted by molar-refractivity contribution is 7.15. The van der Waals surface area contributed by atoms with Gasteiger partial charge in [-0.3, -0.25) is 14.5 Å². The van der Waals surface area contributed by atoms with Crippen molar-refractivity contribution in [1.29, 1.82) is 0 Å². The van der Waals surface area contributed by atoms with Crippen LogP contribution in [-0.2, 0) is 6.42 Å². The van der Waals surface area contributed by atoms with E-state index in [2.05, 4.69) is 106 Å². The second-order valence-electron chi connectivity index (χ2n) is 18.2. The molecule has 0 amide bonds. The van der Waals surface area contributed by atoms with Gasteiger partial charge in [-0.2, -0.15) is 0 Å². The third-order valence-electron chi connectivity index (χ3n) is 14.3. The molecule has 3 atom stereocenters. The molecule has 3 aliphatic heterocycles. The Hall–Kier alpha value is -5.36. The number of rotatable bonds is 7. The average Bonchev–Trinajstić information content (AvgIpc) is 3.76. The summed E-state index contributed by atoms with van der Waals surface area (Å²) in [5.74, 6) is 2.18. The quantitative estimate of drug-likeness (QED) is 0.166. The van der Waals surface area contributed by atoms with Gasteiger partial charge >= 0.3 is 0 Å². The summed E-state index contributed by atoms with van der Waals surface area (Å²) in [5.41, 5.74) is 12.4. The molecule has 4 aromatic carbocycles. The van der Waals surface area contributed by atoms with Crippen LogP contribution in [0, 0.1) is 33.5 Å². The van der Waals surface area contributed by atoms with E-state index in [0.29, 0.717) is 12.3 Å². The second-order valence-corrected chi connectivity index (χ2v) is 19.4. The van der Waals surface area contributed by atoms with E-state index in [0.717, 1.165) is 98.4 Å². The number of halogens is 1. The SMILES string of the molecule is Cc1cc(N2CCN(CC3(O)CCN(c4ccc(C5=N[C@@H](C)c6nnc(C)n6-c6sc(C)c(C)c65)cc4)CC3)CC2)ccc1[C@@H]1c2ccc(O)cc2CC[C@@H]1c1ccc(F)cc1. The molecule has 0 radical (unpaired) electrons. The topological polar surface area (TPSA) is 93.3 Å². The normalized spacial score (nSPS) is 21.2. The molecule has 4 aliphatic rings. The van der Waals surface area contributed by atoms with Crippen LogP contribution in [0.25, 0.3) is 5.00 Å². The molecule has 0 unspecified atom stereocenters. The molecule has 5 heterocycles. The second kappa shape index (κ2) is 16.1. The van der Waals surface area contributed by atoms with Gasteiger partial charge in [0.1, 0.15) is 28.4 Å². The number of β-amino-alcohol motifs (C(OH)–C–C–N with tert-alkyl or cyclic N) is 1. The minimum absolute atomic E-state index is 0.114. The van der Waals surface area contributed by atoms with Crippen molar-refractivity contribution in [3.05, 3.63) is 152 Å². The maximum atomic E-state index is 14.0. The van der Waals surface area contributed by atoms with E-state index in [4.69, 9.17) is 4.99 Å². The number of piperazine rings is 1. The lowest BCUT2D eigenvalue weighted by Crippen LogP contribution is -2.55. The first-order valence-electron chi connectivity index (χ1n) is 22.3. The van der Waals surface area contributed by atoms with Crippen LogP contribution in [-0.4, -0.2) is 87.0 Å². The van der Waals surface area contributed by atoms with Gasteiger partial charge in [-0.25, -0.2) is 4.39 Å². The summed E-state index contributed by atoms with van der Waals surface area (Å²) >= 11 is 1.78. The summed E-state index contributed by atoms with van der Waals surface area (Å²) in [5, 5.41) is 32.2. The highest BCUT2D eigenvalue weighted by Gasteiger charge is 2.37. The Morgan fingerprint density at radius 1 is 0.790 bits per heavy atom. The maximum Gasteiger partial charge on any atom is 0.162 e. The van der Waals surface area contributed by atoms with Crippen LogP contribution in [0.1, 0.15) is 105 Å². The first kappa shape index (κ1) is 40.7. The predicted molar refractivity (Wildman–Crippen MR) is 248 cm³/mol. The number of thiophene rings is 1. The van der Waals surface area contributed by atoms with Gasteiger partial charge in [0.25, 0.3) is 0 Å². The number of nitrogens with zero attached hydrogens (tertiary/aromatic N) is 7. The summed E-state index contributed by atoms with van der Waals surface area (Å²) in [4.78, 5) is 13.8. The van der Waals surface area contributed by atoms with Crippen molar-refractivity contribution in [2.24, 2.45) is 4.99 Å². The molecule has 9 nitrogen and oxygen atoms in total. The molecular weight excluding hydrogens is 794 g/mol. The number of aromatic hydroxyl groups is 1. The highest BCUT2D eigenvalue weighted by Crippen LogP contribution is 2.48. The number of fused-ring (bicyclic) bond motifs is 4. The van der Waals surface area contributed by atoms with Gasteiger partial charge in [-0.15, -0.1) is 21.5 Å². The van der Waals surface area contributed by atoms with Gasteiger partial charge in [0.2, 0.25) is 0 Å². The molecular formula is C51H56FN7O2S. The van der Waals surface area contributed by atoms with Crippen molar-refractivity contribution in [2.75, 3.05) is 55.6 Å². The molecule has 0 bridgehead atoms. The molecule has 2 fully saturated rings. The zero-order valence-corrected chi connectivity index (χ0v) is 37.2.